The number of rotatable bonds is 3. The molecule has 0 aliphatic carbocycles. The number of thiocarbonyl (C=S) groups is 1. The Balaban J connectivity index is 1.90. The molecule has 1 saturated heterocycles. The summed E-state index contributed by atoms with van der Waals surface area (Å²) >= 11 is 6.39. The molecule has 1 amide bonds. The van der Waals surface area contributed by atoms with Gasteiger partial charge in [-0.2, -0.15) is 0 Å². The molecule has 0 radical (unpaired) electrons. The van der Waals surface area contributed by atoms with E-state index in [1.807, 2.05) is 37.3 Å². The number of benzene rings is 2. The Hall–Kier alpha value is -1.91. The van der Waals surface area contributed by atoms with Crippen LogP contribution in [-0.2, 0) is 11.2 Å². The number of hydrogen-bond donors (Lipinski definition) is 1. The maximum atomic E-state index is 11.9. The van der Waals surface area contributed by atoms with Gasteiger partial charge in [-0.15, -0.1) is 0 Å². The minimum absolute atomic E-state index is 0.0963. The fourth-order valence-corrected chi connectivity index (χ4v) is 3.52. The Morgan fingerprint density at radius 1 is 1.09 bits per heavy atom. The maximum absolute atomic E-state index is 11.9. The van der Waals surface area contributed by atoms with Gasteiger partial charge in [-0.1, -0.05) is 78.6 Å². The van der Waals surface area contributed by atoms with Crippen LogP contribution in [0.1, 0.15) is 23.6 Å². The number of thioether (sulfide) groups is 1. The predicted molar refractivity (Wildman–Crippen MR) is 96.6 cm³/mol. The Morgan fingerprint density at radius 3 is 2.50 bits per heavy atom. The van der Waals surface area contributed by atoms with Crippen molar-refractivity contribution < 1.29 is 4.79 Å². The van der Waals surface area contributed by atoms with E-state index >= 15 is 0 Å². The lowest BCUT2D eigenvalue weighted by atomic mass is 9.99. The Labute approximate surface area is 139 Å². The lowest BCUT2D eigenvalue weighted by Gasteiger charge is -2.07. The SMILES string of the molecule is C/C(=C1\SC(=S)NC1=O)c1cccc(Cc2ccccc2)c1. The molecule has 0 atom stereocenters. The van der Waals surface area contributed by atoms with Crippen LogP contribution in [0, 0.1) is 0 Å². The molecule has 0 aromatic heterocycles. The highest BCUT2D eigenvalue weighted by Crippen LogP contribution is 2.32. The molecule has 2 nitrogen and oxygen atoms in total. The first-order valence-corrected chi connectivity index (χ1v) is 8.23. The summed E-state index contributed by atoms with van der Waals surface area (Å²) in [7, 11) is 0. The first kappa shape index (κ1) is 15.0. The Bertz CT molecular complexity index is 766. The molecular weight excluding hydrogens is 310 g/mol. The summed E-state index contributed by atoms with van der Waals surface area (Å²) in [6.07, 6.45) is 0.884. The molecule has 2 aromatic carbocycles. The Kier molecular flexibility index (Phi) is 4.41. The van der Waals surface area contributed by atoms with Crippen molar-refractivity contribution in [1.29, 1.82) is 0 Å². The van der Waals surface area contributed by atoms with Gasteiger partial charge < -0.3 is 5.32 Å². The Morgan fingerprint density at radius 2 is 1.82 bits per heavy atom. The third-order valence-corrected chi connectivity index (χ3v) is 4.90. The van der Waals surface area contributed by atoms with Crippen LogP contribution >= 0.6 is 24.0 Å². The molecular formula is C18H15NOS2. The third kappa shape index (κ3) is 3.29. The number of carbonyl (C=O) groups excluding carboxylic acids is 1. The minimum atomic E-state index is -0.0963. The summed E-state index contributed by atoms with van der Waals surface area (Å²) in [6.45, 7) is 1.97. The van der Waals surface area contributed by atoms with Gasteiger partial charge in [0.05, 0.1) is 4.91 Å². The summed E-state index contributed by atoms with van der Waals surface area (Å²) in [5.41, 5.74) is 4.54. The molecule has 22 heavy (non-hydrogen) atoms. The van der Waals surface area contributed by atoms with Crippen molar-refractivity contribution in [2.24, 2.45) is 0 Å². The van der Waals surface area contributed by atoms with Crippen LogP contribution in [0.3, 0.4) is 0 Å². The lowest BCUT2D eigenvalue weighted by Crippen LogP contribution is -2.18. The van der Waals surface area contributed by atoms with Gasteiger partial charge in [-0.05, 0) is 35.6 Å². The van der Waals surface area contributed by atoms with Crippen LogP contribution in [0.25, 0.3) is 5.57 Å². The van der Waals surface area contributed by atoms with Crippen molar-refractivity contribution in [1.82, 2.24) is 5.32 Å². The van der Waals surface area contributed by atoms with Gasteiger partial charge in [-0.25, -0.2) is 0 Å². The van der Waals surface area contributed by atoms with E-state index in [2.05, 4.69) is 29.6 Å². The number of carbonyl (C=O) groups is 1. The summed E-state index contributed by atoms with van der Waals surface area (Å²) in [4.78, 5) is 12.6. The van der Waals surface area contributed by atoms with Gasteiger partial charge in [0.1, 0.15) is 4.32 Å². The van der Waals surface area contributed by atoms with Crippen LogP contribution in [0.4, 0.5) is 0 Å². The largest absolute Gasteiger partial charge is 0.307 e. The van der Waals surface area contributed by atoms with Crippen molar-refractivity contribution in [2.45, 2.75) is 13.3 Å². The minimum Gasteiger partial charge on any atom is -0.307 e. The molecule has 1 aliphatic rings. The van der Waals surface area contributed by atoms with E-state index in [0.717, 1.165) is 17.6 Å². The normalized spacial score (nSPS) is 16.6. The van der Waals surface area contributed by atoms with Crippen LogP contribution in [-0.4, -0.2) is 10.2 Å². The second-order valence-corrected chi connectivity index (χ2v) is 6.85. The van der Waals surface area contributed by atoms with Gasteiger partial charge in [0.25, 0.3) is 5.91 Å². The van der Waals surface area contributed by atoms with Crippen molar-refractivity contribution >= 4 is 39.8 Å². The highest BCUT2D eigenvalue weighted by Gasteiger charge is 2.24. The first-order valence-electron chi connectivity index (χ1n) is 7.01. The summed E-state index contributed by atoms with van der Waals surface area (Å²) in [5, 5.41) is 2.67. The number of hydrogen-bond acceptors (Lipinski definition) is 3. The molecule has 1 aliphatic heterocycles. The summed E-state index contributed by atoms with van der Waals surface area (Å²) in [6, 6.07) is 18.7. The summed E-state index contributed by atoms with van der Waals surface area (Å²) < 4.78 is 0.528. The molecule has 0 bridgehead atoms. The first-order chi connectivity index (χ1) is 10.6. The van der Waals surface area contributed by atoms with E-state index in [4.69, 9.17) is 12.2 Å². The monoisotopic (exact) mass is 325 g/mol. The smallest absolute Gasteiger partial charge is 0.263 e. The zero-order chi connectivity index (χ0) is 15.5. The van der Waals surface area contributed by atoms with Crippen LogP contribution in [0.5, 0.6) is 0 Å². The molecule has 3 rings (SSSR count). The van der Waals surface area contributed by atoms with Crippen molar-refractivity contribution in [3.63, 3.8) is 0 Å². The van der Waals surface area contributed by atoms with E-state index in [0.29, 0.717) is 9.23 Å². The van der Waals surface area contributed by atoms with Crippen LogP contribution in [0.15, 0.2) is 59.5 Å². The van der Waals surface area contributed by atoms with Gasteiger partial charge in [-0.3, -0.25) is 4.79 Å². The number of amides is 1. The molecule has 4 heteroatoms. The van der Waals surface area contributed by atoms with E-state index < -0.39 is 0 Å². The standard InChI is InChI=1S/C18H15NOS2/c1-12(16-17(20)19-18(21)22-16)15-9-5-8-14(11-15)10-13-6-3-2-4-7-13/h2-9,11H,10H2,1H3,(H,19,20,21)/b16-12+. The average Bonchev–Trinajstić information content (AvgIpc) is 2.86. The zero-order valence-electron chi connectivity index (χ0n) is 12.1. The molecule has 0 unspecified atom stereocenters. The van der Waals surface area contributed by atoms with Crippen molar-refractivity contribution in [2.75, 3.05) is 0 Å². The second-order valence-electron chi connectivity index (χ2n) is 5.16. The van der Waals surface area contributed by atoms with Crippen molar-refractivity contribution in [3.8, 4) is 0 Å². The molecule has 1 heterocycles. The van der Waals surface area contributed by atoms with Gasteiger partial charge in [0.15, 0.2) is 0 Å². The molecule has 0 saturated carbocycles. The molecule has 2 aromatic rings. The topological polar surface area (TPSA) is 29.1 Å². The highest BCUT2D eigenvalue weighted by atomic mass is 32.2. The van der Waals surface area contributed by atoms with Crippen molar-refractivity contribution in [3.05, 3.63) is 76.2 Å². The van der Waals surface area contributed by atoms with Gasteiger partial charge in [0, 0.05) is 0 Å². The molecule has 0 spiro atoms. The molecule has 110 valence electrons. The molecule has 1 N–H and O–H groups in total. The zero-order valence-corrected chi connectivity index (χ0v) is 13.8. The predicted octanol–water partition coefficient (Wildman–Crippen LogP) is 4.16. The van der Waals surface area contributed by atoms with Crippen LogP contribution in [0.2, 0.25) is 0 Å². The van der Waals surface area contributed by atoms with Gasteiger partial charge in [0.2, 0.25) is 0 Å². The van der Waals surface area contributed by atoms with Gasteiger partial charge >= 0.3 is 0 Å². The van der Waals surface area contributed by atoms with E-state index in [-0.39, 0.29) is 5.91 Å². The average molecular weight is 325 g/mol. The van der Waals surface area contributed by atoms with Crippen LogP contribution < -0.4 is 5.32 Å². The third-order valence-electron chi connectivity index (χ3n) is 3.57. The lowest BCUT2D eigenvalue weighted by molar-refractivity contribution is -0.115. The van der Waals surface area contributed by atoms with E-state index in [9.17, 15) is 4.79 Å². The maximum Gasteiger partial charge on any atom is 0.263 e. The summed E-state index contributed by atoms with van der Waals surface area (Å²) in [5.74, 6) is -0.0963. The highest BCUT2D eigenvalue weighted by molar-refractivity contribution is 8.26. The second kappa shape index (κ2) is 6.46. The fraction of sp³-hybridized carbons (Fsp3) is 0.111. The quantitative estimate of drug-likeness (QED) is 0.679. The number of nitrogens with one attached hydrogen (secondary N) is 1. The molecule has 1 fully saturated rings. The van der Waals surface area contributed by atoms with E-state index in [1.165, 1.54) is 22.9 Å². The van der Waals surface area contributed by atoms with E-state index in [1.54, 1.807) is 0 Å². The number of allylic oxidation sites excluding steroid dienone is 1. The fourth-order valence-electron chi connectivity index (χ4n) is 2.44.